The van der Waals surface area contributed by atoms with Crippen LogP contribution in [0.5, 0.6) is 0 Å². The van der Waals surface area contributed by atoms with Gasteiger partial charge in [0.15, 0.2) is 5.92 Å². The molecule has 0 radical (unpaired) electrons. The van der Waals surface area contributed by atoms with Crippen molar-refractivity contribution in [3.63, 3.8) is 0 Å². The van der Waals surface area contributed by atoms with Gasteiger partial charge in [0.2, 0.25) is 5.91 Å². The predicted octanol–water partition coefficient (Wildman–Crippen LogP) is 2.87. The topological polar surface area (TPSA) is 34.9 Å². The Hall–Kier alpha value is -2.11. The lowest BCUT2D eigenvalue weighted by Crippen LogP contribution is -2.31. The molecule has 0 N–H and O–H groups in total. The highest BCUT2D eigenvalue weighted by Crippen LogP contribution is 2.35. The standard InChI is InChI=1S/C12H9F3N2O/c13-12(14,15)10(9-4-2-1-3-5-9)11(18)17-7-6-16-8-17/h1-8,10H. The highest BCUT2D eigenvalue weighted by molar-refractivity contribution is 5.86. The van der Waals surface area contributed by atoms with Crippen LogP contribution in [0.3, 0.4) is 0 Å². The van der Waals surface area contributed by atoms with Crippen molar-refractivity contribution in [3.05, 3.63) is 54.6 Å². The van der Waals surface area contributed by atoms with Crippen molar-refractivity contribution in [2.75, 3.05) is 0 Å². The maximum absolute atomic E-state index is 13.0. The summed E-state index contributed by atoms with van der Waals surface area (Å²) in [4.78, 5) is 15.4. The fraction of sp³-hybridized carbons (Fsp3) is 0.167. The molecule has 1 heterocycles. The first-order chi connectivity index (χ1) is 8.50. The van der Waals surface area contributed by atoms with Gasteiger partial charge in [0, 0.05) is 12.4 Å². The first-order valence-electron chi connectivity index (χ1n) is 5.14. The average Bonchev–Trinajstić information content (AvgIpc) is 2.82. The van der Waals surface area contributed by atoms with Crippen LogP contribution >= 0.6 is 0 Å². The van der Waals surface area contributed by atoms with Crippen LogP contribution < -0.4 is 0 Å². The maximum atomic E-state index is 13.0. The number of benzene rings is 1. The minimum atomic E-state index is -4.64. The molecule has 1 aromatic carbocycles. The Bertz CT molecular complexity index is 520. The van der Waals surface area contributed by atoms with E-state index in [0.717, 1.165) is 10.9 Å². The highest BCUT2D eigenvalue weighted by Gasteiger charge is 2.46. The maximum Gasteiger partial charge on any atom is 0.404 e. The largest absolute Gasteiger partial charge is 0.404 e. The molecule has 1 unspecified atom stereocenters. The van der Waals surface area contributed by atoms with Crippen LogP contribution in [0.2, 0.25) is 0 Å². The molecular formula is C12H9F3N2O. The molecular weight excluding hydrogens is 245 g/mol. The van der Waals surface area contributed by atoms with Crippen molar-refractivity contribution in [1.29, 1.82) is 0 Å². The minimum absolute atomic E-state index is 0.0799. The van der Waals surface area contributed by atoms with Crippen molar-refractivity contribution in [1.82, 2.24) is 9.55 Å². The molecule has 0 spiro atoms. The molecule has 0 aliphatic carbocycles. The summed E-state index contributed by atoms with van der Waals surface area (Å²) >= 11 is 0. The van der Waals surface area contributed by atoms with E-state index in [1.54, 1.807) is 6.07 Å². The van der Waals surface area contributed by atoms with Gasteiger partial charge < -0.3 is 0 Å². The molecule has 0 amide bonds. The Morgan fingerprint density at radius 2 is 1.89 bits per heavy atom. The van der Waals surface area contributed by atoms with Gasteiger partial charge in [-0.15, -0.1) is 0 Å². The Kier molecular flexibility index (Phi) is 3.18. The third-order valence-electron chi connectivity index (χ3n) is 2.47. The summed E-state index contributed by atoms with van der Waals surface area (Å²) in [5, 5.41) is 0. The van der Waals surface area contributed by atoms with Crippen LogP contribution in [0, 0.1) is 0 Å². The highest BCUT2D eigenvalue weighted by atomic mass is 19.4. The van der Waals surface area contributed by atoms with Gasteiger partial charge in [-0.3, -0.25) is 9.36 Å². The average molecular weight is 254 g/mol. The van der Waals surface area contributed by atoms with Crippen LogP contribution in [0.4, 0.5) is 13.2 Å². The molecule has 2 rings (SSSR count). The molecule has 0 saturated carbocycles. The Morgan fingerprint density at radius 3 is 2.39 bits per heavy atom. The number of alkyl halides is 3. The number of nitrogens with zero attached hydrogens (tertiary/aromatic N) is 2. The van der Waals surface area contributed by atoms with E-state index < -0.39 is 18.0 Å². The summed E-state index contributed by atoms with van der Waals surface area (Å²) in [6.45, 7) is 0. The van der Waals surface area contributed by atoms with E-state index in [-0.39, 0.29) is 5.56 Å². The number of hydrogen-bond donors (Lipinski definition) is 0. The number of rotatable bonds is 2. The fourth-order valence-electron chi connectivity index (χ4n) is 1.66. The van der Waals surface area contributed by atoms with E-state index in [4.69, 9.17) is 0 Å². The summed E-state index contributed by atoms with van der Waals surface area (Å²) in [6.07, 6.45) is -1.12. The Morgan fingerprint density at radius 1 is 1.22 bits per heavy atom. The molecule has 1 aromatic heterocycles. The van der Waals surface area contributed by atoms with E-state index in [2.05, 4.69) is 4.98 Å². The van der Waals surface area contributed by atoms with Crippen molar-refractivity contribution >= 4 is 5.91 Å². The molecule has 3 nitrogen and oxygen atoms in total. The third kappa shape index (κ3) is 2.42. The number of hydrogen-bond acceptors (Lipinski definition) is 2. The van der Waals surface area contributed by atoms with E-state index >= 15 is 0 Å². The van der Waals surface area contributed by atoms with Gasteiger partial charge in [0.25, 0.3) is 0 Å². The molecule has 0 fully saturated rings. The summed E-state index contributed by atoms with van der Waals surface area (Å²) in [5.41, 5.74) is -0.0799. The second-order valence-electron chi connectivity index (χ2n) is 3.69. The van der Waals surface area contributed by atoms with Gasteiger partial charge in [-0.25, -0.2) is 4.98 Å². The van der Waals surface area contributed by atoms with Crippen LogP contribution in [0.1, 0.15) is 16.3 Å². The summed E-state index contributed by atoms with van der Waals surface area (Å²) in [7, 11) is 0. The lowest BCUT2D eigenvalue weighted by atomic mass is 9.97. The molecule has 0 bridgehead atoms. The number of carbonyl (C=O) groups excluding carboxylic acids is 1. The molecule has 0 aliphatic rings. The van der Waals surface area contributed by atoms with Crippen LogP contribution in [0.15, 0.2) is 49.1 Å². The van der Waals surface area contributed by atoms with Gasteiger partial charge in [0.1, 0.15) is 6.33 Å². The van der Waals surface area contributed by atoms with Crippen molar-refractivity contribution in [2.24, 2.45) is 0 Å². The molecule has 1 atom stereocenters. The number of imidazole rings is 1. The van der Waals surface area contributed by atoms with Gasteiger partial charge in [0.05, 0.1) is 0 Å². The monoisotopic (exact) mass is 254 g/mol. The van der Waals surface area contributed by atoms with Gasteiger partial charge in [-0.05, 0) is 5.56 Å². The second-order valence-corrected chi connectivity index (χ2v) is 3.69. The lowest BCUT2D eigenvalue weighted by Gasteiger charge is -2.19. The van der Waals surface area contributed by atoms with Crippen LogP contribution in [-0.4, -0.2) is 21.6 Å². The van der Waals surface area contributed by atoms with Crippen LogP contribution in [0.25, 0.3) is 0 Å². The Labute approximate surface area is 101 Å². The number of halogens is 3. The second kappa shape index (κ2) is 4.64. The zero-order valence-electron chi connectivity index (χ0n) is 9.13. The number of aromatic nitrogens is 2. The Balaban J connectivity index is 2.42. The predicted molar refractivity (Wildman–Crippen MR) is 58.1 cm³/mol. The minimum Gasteiger partial charge on any atom is -0.276 e. The zero-order valence-corrected chi connectivity index (χ0v) is 9.13. The molecule has 0 aliphatic heterocycles. The van der Waals surface area contributed by atoms with Crippen molar-refractivity contribution < 1.29 is 18.0 Å². The van der Waals surface area contributed by atoms with E-state index in [9.17, 15) is 18.0 Å². The first kappa shape index (κ1) is 12.3. The normalized spacial score (nSPS) is 13.3. The summed E-state index contributed by atoms with van der Waals surface area (Å²) in [5.74, 6) is -3.24. The van der Waals surface area contributed by atoms with Crippen molar-refractivity contribution in [3.8, 4) is 0 Å². The van der Waals surface area contributed by atoms with E-state index in [0.29, 0.717) is 0 Å². The smallest absolute Gasteiger partial charge is 0.276 e. The van der Waals surface area contributed by atoms with Crippen LogP contribution in [-0.2, 0) is 0 Å². The third-order valence-corrected chi connectivity index (χ3v) is 2.47. The first-order valence-corrected chi connectivity index (χ1v) is 5.14. The van der Waals surface area contributed by atoms with E-state index in [1.807, 2.05) is 0 Å². The molecule has 94 valence electrons. The van der Waals surface area contributed by atoms with Gasteiger partial charge in [-0.2, -0.15) is 13.2 Å². The quantitative estimate of drug-likeness (QED) is 0.825. The lowest BCUT2D eigenvalue weighted by molar-refractivity contribution is -0.140. The SMILES string of the molecule is O=C(C(c1ccccc1)C(F)(F)F)n1ccnc1. The van der Waals surface area contributed by atoms with E-state index in [1.165, 1.54) is 36.7 Å². The summed E-state index contributed by atoms with van der Waals surface area (Å²) in [6, 6.07) is 7.10. The number of carbonyl (C=O) groups is 1. The zero-order chi connectivity index (χ0) is 13.2. The molecule has 2 aromatic rings. The fourth-order valence-corrected chi connectivity index (χ4v) is 1.66. The molecule has 18 heavy (non-hydrogen) atoms. The summed E-state index contributed by atoms with van der Waals surface area (Å²) < 4.78 is 39.8. The van der Waals surface area contributed by atoms with Crippen molar-refractivity contribution in [2.45, 2.75) is 12.1 Å². The molecule has 6 heteroatoms. The van der Waals surface area contributed by atoms with Gasteiger partial charge >= 0.3 is 6.18 Å². The van der Waals surface area contributed by atoms with Gasteiger partial charge in [-0.1, -0.05) is 30.3 Å². The molecule has 0 saturated heterocycles.